The maximum absolute atomic E-state index is 15.2. The molecule has 33 heavy (non-hydrogen) atoms. The number of benzene rings is 2. The lowest BCUT2D eigenvalue weighted by molar-refractivity contribution is 0.304. The molecule has 0 atom stereocenters. The number of hydrogen-bond acceptors (Lipinski definition) is 7. The van der Waals surface area contributed by atoms with Crippen molar-refractivity contribution in [2.45, 2.75) is 0 Å². The number of rotatable bonds is 7. The van der Waals surface area contributed by atoms with Crippen LogP contribution in [-0.4, -0.2) is 47.0 Å². The summed E-state index contributed by atoms with van der Waals surface area (Å²) in [6.45, 7) is -0.570. The van der Waals surface area contributed by atoms with E-state index in [-0.39, 0.29) is 34.7 Å². The molecule has 4 aromatic rings. The van der Waals surface area contributed by atoms with Crippen LogP contribution in [0.25, 0.3) is 16.6 Å². The molecule has 0 radical (unpaired) electrons. The van der Waals surface area contributed by atoms with Crippen LogP contribution in [0.4, 0.5) is 20.2 Å². The molecule has 1 N–H and O–H groups in total. The Kier molecular flexibility index (Phi) is 6.18. The predicted octanol–water partition coefficient (Wildman–Crippen LogP) is 3.21. The lowest BCUT2D eigenvalue weighted by Gasteiger charge is -2.26. The number of aliphatic hydroxyl groups excluding tert-OH is 1. The Labute approximate surface area is 187 Å². The third-order valence-corrected chi connectivity index (χ3v) is 5.14. The van der Waals surface area contributed by atoms with Crippen molar-refractivity contribution >= 4 is 22.3 Å². The van der Waals surface area contributed by atoms with Gasteiger partial charge in [-0.1, -0.05) is 0 Å². The van der Waals surface area contributed by atoms with Crippen LogP contribution in [0.3, 0.4) is 0 Å². The van der Waals surface area contributed by atoms with Gasteiger partial charge in [-0.15, -0.1) is 0 Å². The molecule has 0 aliphatic carbocycles. The fraction of sp³-hybridized carbons (Fsp3) is 0.174. The number of aromatic nitrogens is 3. The molecule has 4 rings (SSSR count). The molecule has 10 heteroatoms. The number of aliphatic hydroxyl groups is 1. The van der Waals surface area contributed by atoms with Gasteiger partial charge in [-0.25, -0.2) is 13.8 Å². The summed E-state index contributed by atoms with van der Waals surface area (Å²) in [5.74, 6) is -2.39. The van der Waals surface area contributed by atoms with Crippen LogP contribution in [0.1, 0.15) is 0 Å². The predicted molar refractivity (Wildman–Crippen MR) is 119 cm³/mol. The lowest BCUT2D eigenvalue weighted by Crippen LogP contribution is -2.25. The quantitative estimate of drug-likeness (QED) is 0.459. The number of fused-ring (bicyclic) bond motifs is 1. The minimum atomic E-state index is -0.968. The van der Waals surface area contributed by atoms with E-state index >= 15 is 8.78 Å². The molecular formula is C23H20F2N4O4. The van der Waals surface area contributed by atoms with Gasteiger partial charge in [0.25, 0.3) is 5.56 Å². The molecule has 8 nitrogen and oxygen atoms in total. The highest BCUT2D eigenvalue weighted by atomic mass is 19.1. The van der Waals surface area contributed by atoms with Crippen molar-refractivity contribution in [3.63, 3.8) is 0 Å². The zero-order valence-electron chi connectivity index (χ0n) is 17.8. The summed E-state index contributed by atoms with van der Waals surface area (Å²) in [7, 11) is 2.50. The van der Waals surface area contributed by atoms with Crippen molar-refractivity contribution in [2.24, 2.45) is 0 Å². The zero-order valence-corrected chi connectivity index (χ0v) is 17.8. The topological polar surface area (TPSA) is 89.7 Å². The third-order valence-electron chi connectivity index (χ3n) is 5.14. The van der Waals surface area contributed by atoms with Crippen molar-refractivity contribution in [1.29, 1.82) is 0 Å². The molecule has 0 fully saturated rings. The summed E-state index contributed by atoms with van der Waals surface area (Å²) in [6.07, 6.45) is 4.50. The van der Waals surface area contributed by atoms with E-state index in [1.165, 1.54) is 36.1 Å². The molecule has 0 aliphatic rings. The van der Waals surface area contributed by atoms with Gasteiger partial charge in [0.1, 0.15) is 12.0 Å². The van der Waals surface area contributed by atoms with E-state index in [9.17, 15) is 9.90 Å². The Balaban J connectivity index is 1.92. The van der Waals surface area contributed by atoms with Gasteiger partial charge in [-0.05, 0) is 30.3 Å². The van der Waals surface area contributed by atoms with Gasteiger partial charge in [0.05, 0.1) is 37.4 Å². The largest absolute Gasteiger partial charge is 0.493 e. The summed E-state index contributed by atoms with van der Waals surface area (Å²) < 4.78 is 41.7. The number of pyridine rings is 1. The normalized spacial score (nSPS) is 10.9. The summed E-state index contributed by atoms with van der Waals surface area (Å²) in [5.41, 5.74) is 0.397. The van der Waals surface area contributed by atoms with Crippen molar-refractivity contribution in [2.75, 3.05) is 32.3 Å². The van der Waals surface area contributed by atoms with Crippen molar-refractivity contribution in [1.82, 2.24) is 14.5 Å². The fourth-order valence-electron chi connectivity index (χ4n) is 3.55. The molecule has 2 aromatic heterocycles. The monoisotopic (exact) mass is 454 g/mol. The van der Waals surface area contributed by atoms with Crippen LogP contribution in [0.15, 0.2) is 59.9 Å². The molecule has 0 aliphatic heterocycles. The Hall–Kier alpha value is -4.05. The van der Waals surface area contributed by atoms with Crippen molar-refractivity contribution in [3.8, 4) is 17.2 Å². The number of ether oxygens (including phenoxy) is 2. The molecular weight excluding hydrogens is 434 g/mol. The van der Waals surface area contributed by atoms with E-state index in [1.807, 2.05) is 0 Å². The number of anilines is 2. The second-order valence-corrected chi connectivity index (χ2v) is 6.96. The van der Waals surface area contributed by atoms with E-state index in [1.54, 1.807) is 36.7 Å². The van der Waals surface area contributed by atoms with Gasteiger partial charge in [-0.3, -0.25) is 14.3 Å². The maximum Gasteiger partial charge on any atom is 0.265 e. The first-order chi connectivity index (χ1) is 16.0. The van der Waals surface area contributed by atoms with Crippen LogP contribution in [0, 0.1) is 11.6 Å². The standard InChI is InChI=1S/C23H20F2N4O4/c1-32-18-12-19(33-2)21(25)22(20(18)24)28(9-10-30)15-3-4-17-16(11-15)23(31)29(13-27-17)14-5-7-26-8-6-14/h3-8,11-13,30H,9-10H2,1-2H3. The number of hydrogen-bond donors (Lipinski definition) is 1. The molecule has 0 spiro atoms. The molecule has 0 saturated heterocycles. The number of nitrogens with zero attached hydrogens (tertiary/aromatic N) is 4. The average Bonchev–Trinajstić information content (AvgIpc) is 2.84. The van der Waals surface area contributed by atoms with Gasteiger partial charge in [0.15, 0.2) is 23.1 Å². The van der Waals surface area contributed by atoms with Crippen LogP contribution >= 0.6 is 0 Å². The van der Waals surface area contributed by atoms with Gasteiger partial charge in [-0.2, -0.15) is 0 Å². The Morgan fingerprint density at radius 1 is 1.03 bits per heavy atom. The molecule has 0 unspecified atom stereocenters. The second-order valence-electron chi connectivity index (χ2n) is 6.96. The average molecular weight is 454 g/mol. The highest BCUT2D eigenvalue weighted by Gasteiger charge is 2.26. The first-order valence-corrected chi connectivity index (χ1v) is 9.90. The first-order valence-electron chi connectivity index (χ1n) is 9.90. The highest BCUT2D eigenvalue weighted by Crippen LogP contribution is 2.40. The van der Waals surface area contributed by atoms with E-state index in [4.69, 9.17) is 9.47 Å². The van der Waals surface area contributed by atoms with Gasteiger partial charge >= 0.3 is 0 Å². The molecule has 2 heterocycles. The van der Waals surface area contributed by atoms with Gasteiger partial charge < -0.3 is 19.5 Å². The van der Waals surface area contributed by atoms with E-state index in [2.05, 4.69) is 9.97 Å². The summed E-state index contributed by atoms with van der Waals surface area (Å²) in [6, 6.07) is 9.02. The highest BCUT2D eigenvalue weighted by molar-refractivity contribution is 5.84. The van der Waals surface area contributed by atoms with Gasteiger partial charge in [0.2, 0.25) is 0 Å². The maximum atomic E-state index is 15.2. The van der Waals surface area contributed by atoms with E-state index in [0.717, 1.165) is 6.07 Å². The third kappa shape index (κ3) is 3.96. The second kappa shape index (κ2) is 9.21. The fourth-order valence-corrected chi connectivity index (χ4v) is 3.55. The molecule has 170 valence electrons. The van der Waals surface area contributed by atoms with Crippen LogP contribution in [0.2, 0.25) is 0 Å². The Bertz CT molecular complexity index is 1330. The van der Waals surface area contributed by atoms with Crippen molar-refractivity contribution in [3.05, 3.63) is 77.1 Å². The van der Waals surface area contributed by atoms with Crippen LogP contribution < -0.4 is 19.9 Å². The van der Waals surface area contributed by atoms with Crippen LogP contribution in [-0.2, 0) is 0 Å². The number of methoxy groups -OCH3 is 2. The summed E-state index contributed by atoms with van der Waals surface area (Å²) >= 11 is 0. The van der Waals surface area contributed by atoms with E-state index < -0.39 is 23.9 Å². The smallest absolute Gasteiger partial charge is 0.265 e. The summed E-state index contributed by atoms with van der Waals surface area (Å²) in [5, 5.41) is 9.85. The molecule has 2 aromatic carbocycles. The van der Waals surface area contributed by atoms with E-state index in [0.29, 0.717) is 11.2 Å². The van der Waals surface area contributed by atoms with Gasteiger partial charge in [0, 0.05) is 30.7 Å². The first kappa shape index (κ1) is 22.2. The Morgan fingerprint density at radius 2 is 1.70 bits per heavy atom. The Morgan fingerprint density at radius 3 is 2.30 bits per heavy atom. The molecule has 0 saturated carbocycles. The molecule has 0 amide bonds. The van der Waals surface area contributed by atoms with Crippen LogP contribution in [0.5, 0.6) is 11.5 Å². The lowest BCUT2D eigenvalue weighted by atomic mass is 10.1. The SMILES string of the molecule is COc1cc(OC)c(F)c(N(CCO)c2ccc3ncn(-c4ccncc4)c(=O)c3c2)c1F. The minimum Gasteiger partial charge on any atom is -0.493 e. The number of halogens is 2. The minimum absolute atomic E-state index is 0.158. The zero-order chi connectivity index (χ0) is 23.5. The van der Waals surface area contributed by atoms with Crippen molar-refractivity contribution < 1.29 is 23.4 Å². The summed E-state index contributed by atoms with van der Waals surface area (Å²) in [4.78, 5) is 22.7. The molecule has 0 bridgehead atoms.